The number of ether oxygens (including phenoxy) is 1. The predicted octanol–water partition coefficient (Wildman–Crippen LogP) is 3.34. The number of hydrogen-bond donors (Lipinski definition) is 3. The summed E-state index contributed by atoms with van der Waals surface area (Å²) in [5.74, 6) is 0.337. The van der Waals surface area contributed by atoms with Crippen LogP contribution in [-0.2, 0) is 10.0 Å². The van der Waals surface area contributed by atoms with Crippen LogP contribution in [0.3, 0.4) is 0 Å². The molecule has 25 heavy (non-hydrogen) atoms. The second kappa shape index (κ2) is 6.54. The topological polar surface area (TPSA) is 130 Å². The van der Waals surface area contributed by atoms with Gasteiger partial charge in [0.05, 0.1) is 17.5 Å². The fourth-order valence-corrected chi connectivity index (χ4v) is 3.11. The monoisotopic (exact) mass is 360 g/mol. The van der Waals surface area contributed by atoms with E-state index in [1.807, 2.05) is 6.92 Å². The van der Waals surface area contributed by atoms with E-state index in [2.05, 4.69) is 15.2 Å². The zero-order chi connectivity index (χ0) is 18.0. The molecule has 0 radical (unpaired) electrons. The van der Waals surface area contributed by atoms with Crippen molar-refractivity contribution in [1.82, 2.24) is 4.98 Å². The summed E-state index contributed by atoms with van der Waals surface area (Å²) in [6, 6.07) is 11.2. The molecule has 0 aliphatic carbocycles. The molecule has 0 bridgehead atoms. The molecule has 9 heteroatoms. The van der Waals surface area contributed by atoms with E-state index >= 15 is 0 Å². The molecule has 0 aliphatic rings. The van der Waals surface area contributed by atoms with Crippen LogP contribution in [0.25, 0.3) is 10.9 Å². The highest BCUT2D eigenvalue weighted by molar-refractivity contribution is 7.89. The van der Waals surface area contributed by atoms with Crippen LogP contribution in [0.1, 0.15) is 6.92 Å². The Balaban J connectivity index is 2.13. The summed E-state index contributed by atoms with van der Waals surface area (Å²) in [5.41, 5.74) is 0.855. The first kappa shape index (κ1) is 16.9. The quantitative estimate of drug-likeness (QED) is 0.602. The van der Waals surface area contributed by atoms with E-state index in [0.29, 0.717) is 23.3 Å². The molecule has 4 N–H and O–H groups in total. The molecular formula is C16H16N4O4S. The first-order valence-corrected chi connectivity index (χ1v) is 8.96. The molecule has 0 spiro atoms. The van der Waals surface area contributed by atoms with Crippen molar-refractivity contribution >= 4 is 32.3 Å². The second-order valence-corrected chi connectivity index (χ2v) is 6.68. The Hall–Kier alpha value is -2.91. The summed E-state index contributed by atoms with van der Waals surface area (Å²) in [5, 5.41) is 23.8. The van der Waals surface area contributed by atoms with E-state index in [-0.39, 0.29) is 22.2 Å². The maximum atomic E-state index is 11.6. The number of nitrogens with zero attached hydrogens (tertiary/aromatic N) is 2. The van der Waals surface area contributed by atoms with Crippen molar-refractivity contribution in [2.45, 2.75) is 11.8 Å². The molecule has 0 saturated carbocycles. The highest BCUT2D eigenvalue weighted by atomic mass is 32.2. The van der Waals surface area contributed by atoms with Crippen molar-refractivity contribution in [3.8, 4) is 11.6 Å². The number of aromatic amines is 1. The van der Waals surface area contributed by atoms with Gasteiger partial charge in [-0.2, -0.15) is 0 Å². The van der Waals surface area contributed by atoms with Gasteiger partial charge in [0, 0.05) is 0 Å². The highest BCUT2D eigenvalue weighted by Gasteiger charge is 2.16. The summed E-state index contributed by atoms with van der Waals surface area (Å²) in [4.78, 5) is 2.64. The summed E-state index contributed by atoms with van der Waals surface area (Å²) in [6.45, 7) is 2.28. The van der Waals surface area contributed by atoms with Crippen molar-refractivity contribution in [1.29, 1.82) is 0 Å². The Morgan fingerprint density at radius 2 is 1.92 bits per heavy atom. The SMILES string of the molecule is CCOc1cccc2[nH]c(O)c(N=Nc3ccccc3S(N)(=O)=O)c12. The molecule has 0 fully saturated rings. The molecule has 1 aromatic heterocycles. The molecule has 0 atom stereocenters. The van der Waals surface area contributed by atoms with Crippen LogP contribution in [0.4, 0.5) is 11.4 Å². The third-order valence-corrected chi connectivity index (χ3v) is 4.43. The van der Waals surface area contributed by atoms with Crippen LogP contribution in [0.5, 0.6) is 11.6 Å². The van der Waals surface area contributed by atoms with E-state index in [1.165, 1.54) is 18.2 Å². The molecular weight excluding hydrogens is 344 g/mol. The Labute approximate surface area is 144 Å². The van der Waals surface area contributed by atoms with Gasteiger partial charge in [0.25, 0.3) is 0 Å². The number of aromatic hydroxyl groups is 1. The Morgan fingerprint density at radius 3 is 2.64 bits per heavy atom. The van der Waals surface area contributed by atoms with Gasteiger partial charge in [-0.15, -0.1) is 10.2 Å². The maximum Gasteiger partial charge on any atom is 0.240 e. The third kappa shape index (κ3) is 3.32. The molecule has 130 valence electrons. The average Bonchev–Trinajstić information content (AvgIpc) is 2.89. The van der Waals surface area contributed by atoms with Crippen LogP contribution >= 0.6 is 0 Å². The third-order valence-electron chi connectivity index (χ3n) is 3.47. The van der Waals surface area contributed by atoms with Gasteiger partial charge in [0.1, 0.15) is 16.3 Å². The van der Waals surface area contributed by atoms with Gasteiger partial charge in [-0.1, -0.05) is 18.2 Å². The molecule has 0 aliphatic heterocycles. The summed E-state index contributed by atoms with van der Waals surface area (Å²) < 4.78 is 28.8. The van der Waals surface area contributed by atoms with Crippen LogP contribution in [0.2, 0.25) is 0 Å². The predicted molar refractivity (Wildman–Crippen MR) is 93.1 cm³/mol. The van der Waals surface area contributed by atoms with E-state index in [9.17, 15) is 13.5 Å². The fourth-order valence-electron chi connectivity index (χ4n) is 2.44. The summed E-state index contributed by atoms with van der Waals surface area (Å²) in [6.07, 6.45) is 0. The number of nitrogens with two attached hydrogens (primary N) is 1. The molecule has 0 saturated heterocycles. The Bertz CT molecular complexity index is 1060. The van der Waals surface area contributed by atoms with Gasteiger partial charge < -0.3 is 14.8 Å². The number of aromatic nitrogens is 1. The van der Waals surface area contributed by atoms with Crippen molar-refractivity contribution in [2.75, 3.05) is 6.61 Å². The number of sulfonamides is 1. The summed E-state index contributed by atoms with van der Waals surface area (Å²) >= 11 is 0. The number of nitrogens with one attached hydrogen (secondary N) is 1. The molecule has 0 amide bonds. The first-order valence-electron chi connectivity index (χ1n) is 7.42. The highest BCUT2D eigenvalue weighted by Crippen LogP contribution is 2.41. The molecule has 2 aromatic carbocycles. The van der Waals surface area contributed by atoms with Crippen LogP contribution in [-0.4, -0.2) is 25.1 Å². The number of fused-ring (bicyclic) bond motifs is 1. The molecule has 3 rings (SSSR count). The lowest BCUT2D eigenvalue weighted by atomic mass is 10.2. The van der Waals surface area contributed by atoms with Gasteiger partial charge in [0.15, 0.2) is 5.69 Å². The lowest BCUT2D eigenvalue weighted by Gasteiger charge is -2.04. The van der Waals surface area contributed by atoms with Gasteiger partial charge in [-0.25, -0.2) is 13.6 Å². The van der Waals surface area contributed by atoms with Crippen molar-refractivity contribution < 1.29 is 18.3 Å². The smallest absolute Gasteiger partial charge is 0.240 e. The summed E-state index contributed by atoms with van der Waals surface area (Å²) in [7, 11) is -3.94. The van der Waals surface area contributed by atoms with E-state index in [1.54, 1.807) is 24.3 Å². The number of rotatable bonds is 5. The second-order valence-electron chi connectivity index (χ2n) is 5.15. The van der Waals surface area contributed by atoms with Gasteiger partial charge in [-0.05, 0) is 31.2 Å². The van der Waals surface area contributed by atoms with Crippen molar-refractivity contribution in [3.63, 3.8) is 0 Å². The first-order chi connectivity index (χ1) is 11.9. The van der Waals surface area contributed by atoms with Gasteiger partial charge in [0.2, 0.25) is 15.9 Å². The number of benzene rings is 2. The number of H-pyrrole nitrogens is 1. The van der Waals surface area contributed by atoms with Crippen LogP contribution < -0.4 is 9.88 Å². The minimum absolute atomic E-state index is 0.0765. The average molecular weight is 360 g/mol. The number of primary sulfonamides is 1. The van der Waals surface area contributed by atoms with Crippen molar-refractivity contribution in [2.24, 2.45) is 15.4 Å². The van der Waals surface area contributed by atoms with Gasteiger partial charge >= 0.3 is 0 Å². The largest absolute Gasteiger partial charge is 0.493 e. The van der Waals surface area contributed by atoms with E-state index in [0.717, 1.165) is 0 Å². The lowest BCUT2D eigenvalue weighted by Crippen LogP contribution is -2.12. The molecule has 8 nitrogen and oxygen atoms in total. The standard InChI is InChI=1S/C16H16N4O4S/c1-2-24-12-8-5-7-11-14(12)15(16(21)18-11)20-19-10-6-3-4-9-13(10)25(17,22)23/h3-9,18,21H,2H2,1H3,(H2,17,22,23). The molecule has 0 unspecified atom stereocenters. The maximum absolute atomic E-state index is 11.6. The Kier molecular flexibility index (Phi) is 4.43. The van der Waals surface area contributed by atoms with E-state index < -0.39 is 10.0 Å². The van der Waals surface area contributed by atoms with Crippen LogP contribution in [0.15, 0.2) is 57.6 Å². The molecule has 3 aromatic rings. The lowest BCUT2D eigenvalue weighted by molar-refractivity contribution is 0.344. The fraction of sp³-hybridized carbons (Fsp3) is 0.125. The van der Waals surface area contributed by atoms with Crippen molar-refractivity contribution in [3.05, 3.63) is 42.5 Å². The molecule has 1 heterocycles. The van der Waals surface area contributed by atoms with E-state index in [4.69, 9.17) is 9.88 Å². The minimum Gasteiger partial charge on any atom is -0.493 e. The minimum atomic E-state index is -3.94. The zero-order valence-electron chi connectivity index (χ0n) is 13.3. The normalized spacial score (nSPS) is 12.1. The zero-order valence-corrected chi connectivity index (χ0v) is 14.1. The number of hydrogen-bond acceptors (Lipinski definition) is 6. The Morgan fingerprint density at radius 1 is 1.16 bits per heavy atom. The van der Waals surface area contributed by atoms with Crippen LogP contribution in [0, 0.1) is 0 Å². The number of azo groups is 1. The van der Waals surface area contributed by atoms with Gasteiger partial charge in [-0.3, -0.25) is 0 Å².